The van der Waals surface area contributed by atoms with Crippen LogP contribution in [0.4, 0.5) is 5.69 Å². The summed E-state index contributed by atoms with van der Waals surface area (Å²) in [4.78, 5) is 2.36. The van der Waals surface area contributed by atoms with Gasteiger partial charge in [0.2, 0.25) is 0 Å². The summed E-state index contributed by atoms with van der Waals surface area (Å²) < 4.78 is 5.38. The van der Waals surface area contributed by atoms with E-state index in [0.29, 0.717) is 0 Å². The molecule has 1 aliphatic rings. The lowest BCUT2D eigenvalue weighted by Crippen LogP contribution is -2.43. The second-order valence-electron chi connectivity index (χ2n) is 5.61. The predicted octanol–water partition coefficient (Wildman–Crippen LogP) is 1.67. The van der Waals surface area contributed by atoms with Gasteiger partial charge in [-0.25, -0.2) is 0 Å². The molecule has 0 saturated carbocycles. The Balaban J connectivity index is 2.11. The van der Waals surface area contributed by atoms with Crippen molar-refractivity contribution in [1.82, 2.24) is 10.5 Å². The van der Waals surface area contributed by atoms with Crippen LogP contribution in [0.5, 0.6) is 0 Å². The van der Waals surface area contributed by atoms with Crippen LogP contribution >= 0.6 is 0 Å². The molecule has 0 aromatic carbocycles. The molecule has 1 aromatic heterocycles. The number of nitrogens with zero attached hydrogens (tertiary/aromatic N) is 2. The first-order valence-electron chi connectivity index (χ1n) is 5.95. The summed E-state index contributed by atoms with van der Waals surface area (Å²) in [6.07, 6.45) is 2.79. The lowest BCUT2D eigenvalue weighted by atomic mass is 9.90. The monoisotopic (exact) mass is 223 g/mol. The highest BCUT2D eigenvalue weighted by Gasteiger charge is 2.22. The van der Waals surface area contributed by atoms with E-state index in [1.54, 1.807) is 0 Å². The maximum absolute atomic E-state index is 5.38. The zero-order valence-corrected chi connectivity index (χ0v) is 10.4. The van der Waals surface area contributed by atoms with Crippen LogP contribution in [0, 0.1) is 5.41 Å². The van der Waals surface area contributed by atoms with Crippen molar-refractivity contribution < 1.29 is 4.52 Å². The normalized spacial score (nSPS) is 17.8. The standard InChI is InChI=1S/C12H21N3O/c1-12(2,3)8-11-10(9-14-16-11)15-6-4-13-5-7-15/h9,13H,4-8H2,1-3H3. The molecule has 0 aliphatic carbocycles. The molecule has 1 aliphatic heterocycles. The van der Waals surface area contributed by atoms with E-state index in [4.69, 9.17) is 4.52 Å². The smallest absolute Gasteiger partial charge is 0.160 e. The topological polar surface area (TPSA) is 41.3 Å². The summed E-state index contributed by atoms with van der Waals surface area (Å²) in [6.45, 7) is 10.8. The van der Waals surface area contributed by atoms with Crippen molar-refractivity contribution in [3.63, 3.8) is 0 Å². The Morgan fingerprint density at radius 2 is 2.06 bits per heavy atom. The Labute approximate surface area is 97.0 Å². The lowest BCUT2D eigenvalue weighted by Gasteiger charge is -2.29. The van der Waals surface area contributed by atoms with Crippen LogP contribution in [0.2, 0.25) is 0 Å². The Kier molecular flexibility index (Phi) is 3.19. The molecule has 2 heterocycles. The van der Waals surface area contributed by atoms with Gasteiger partial charge in [0.05, 0.1) is 6.20 Å². The number of hydrogen-bond acceptors (Lipinski definition) is 4. The van der Waals surface area contributed by atoms with E-state index in [2.05, 4.69) is 36.1 Å². The average Bonchev–Trinajstić information content (AvgIpc) is 2.64. The SMILES string of the molecule is CC(C)(C)Cc1oncc1N1CCNCC1. The maximum atomic E-state index is 5.38. The number of aromatic nitrogens is 1. The maximum Gasteiger partial charge on any atom is 0.160 e. The Morgan fingerprint density at radius 1 is 1.38 bits per heavy atom. The van der Waals surface area contributed by atoms with Gasteiger partial charge < -0.3 is 14.7 Å². The van der Waals surface area contributed by atoms with Crippen LogP contribution in [0.1, 0.15) is 26.5 Å². The molecule has 90 valence electrons. The third-order valence-corrected chi connectivity index (χ3v) is 2.77. The van der Waals surface area contributed by atoms with Gasteiger partial charge in [-0.1, -0.05) is 25.9 Å². The van der Waals surface area contributed by atoms with E-state index >= 15 is 0 Å². The van der Waals surface area contributed by atoms with Crippen molar-refractivity contribution in [3.05, 3.63) is 12.0 Å². The van der Waals surface area contributed by atoms with Crippen LogP contribution in [0.25, 0.3) is 0 Å². The minimum Gasteiger partial charge on any atom is -0.365 e. The van der Waals surface area contributed by atoms with Gasteiger partial charge in [0.25, 0.3) is 0 Å². The van der Waals surface area contributed by atoms with Crippen LogP contribution in [0.15, 0.2) is 10.7 Å². The molecule has 16 heavy (non-hydrogen) atoms. The van der Waals surface area contributed by atoms with E-state index in [-0.39, 0.29) is 5.41 Å². The molecule has 4 heteroatoms. The number of rotatable bonds is 2. The molecular weight excluding hydrogens is 202 g/mol. The molecule has 1 N–H and O–H groups in total. The third-order valence-electron chi connectivity index (χ3n) is 2.77. The minimum absolute atomic E-state index is 0.238. The fraction of sp³-hybridized carbons (Fsp3) is 0.750. The van der Waals surface area contributed by atoms with Crippen LogP contribution in [-0.4, -0.2) is 31.3 Å². The zero-order chi connectivity index (χ0) is 11.6. The fourth-order valence-electron chi connectivity index (χ4n) is 2.03. The van der Waals surface area contributed by atoms with Crippen LogP contribution in [0.3, 0.4) is 0 Å². The molecule has 0 bridgehead atoms. The van der Waals surface area contributed by atoms with E-state index in [9.17, 15) is 0 Å². The first-order valence-corrected chi connectivity index (χ1v) is 5.95. The molecule has 0 amide bonds. The van der Waals surface area contributed by atoms with Crippen molar-refractivity contribution in [2.75, 3.05) is 31.1 Å². The molecule has 1 aromatic rings. The molecule has 0 atom stereocenters. The largest absolute Gasteiger partial charge is 0.365 e. The van der Waals surface area contributed by atoms with Crippen molar-refractivity contribution in [2.24, 2.45) is 5.41 Å². The van der Waals surface area contributed by atoms with E-state index in [1.165, 1.54) is 5.69 Å². The van der Waals surface area contributed by atoms with Gasteiger partial charge >= 0.3 is 0 Å². The summed E-state index contributed by atoms with van der Waals surface area (Å²) in [5.74, 6) is 1.02. The predicted molar refractivity (Wildman–Crippen MR) is 64.7 cm³/mol. The molecule has 0 unspecified atom stereocenters. The van der Waals surface area contributed by atoms with Gasteiger partial charge in [-0.15, -0.1) is 0 Å². The van der Waals surface area contributed by atoms with Gasteiger partial charge in [-0.2, -0.15) is 0 Å². The number of piperazine rings is 1. The Hall–Kier alpha value is -1.03. The van der Waals surface area contributed by atoms with Crippen molar-refractivity contribution in [1.29, 1.82) is 0 Å². The Bertz CT molecular complexity index is 334. The highest BCUT2D eigenvalue weighted by molar-refractivity contribution is 5.48. The summed E-state index contributed by atoms with van der Waals surface area (Å²) in [5, 5.41) is 7.30. The second-order valence-corrected chi connectivity index (χ2v) is 5.61. The van der Waals surface area contributed by atoms with Crippen LogP contribution in [-0.2, 0) is 6.42 Å². The zero-order valence-electron chi connectivity index (χ0n) is 10.4. The van der Waals surface area contributed by atoms with Gasteiger partial charge in [0, 0.05) is 32.6 Å². The van der Waals surface area contributed by atoms with Crippen molar-refractivity contribution in [3.8, 4) is 0 Å². The first kappa shape index (κ1) is 11.5. The number of hydrogen-bond donors (Lipinski definition) is 1. The summed E-state index contributed by atoms with van der Waals surface area (Å²) in [7, 11) is 0. The average molecular weight is 223 g/mol. The summed E-state index contributed by atoms with van der Waals surface area (Å²) >= 11 is 0. The second kappa shape index (κ2) is 4.45. The highest BCUT2D eigenvalue weighted by Crippen LogP contribution is 2.28. The van der Waals surface area contributed by atoms with Crippen LogP contribution < -0.4 is 10.2 Å². The van der Waals surface area contributed by atoms with Gasteiger partial charge in [0.15, 0.2) is 5.76 Å². The highest BCUT2D eigenvalue weighted by atomic mass is 16.5. The molecule has 1 saturated heterocycles. The van der Waals surface area contributed by atoms with Crippen molar-refractivity contribution >= 4 is 5.69 Å². The molecule has 4 nitrogen and oxygen atoms in total. The molecule has 2 rings (SSSR count). The molecule has 0 radical (unpaired) electrons. The van der Waals surface area contributed by atoms with E-state index in [0.717, 1.165) is 38.4 Å². The van der Waals surface area contributed by atoms with Crippen molar-refractivity contribution in [2.45, 2.75) is 27.2 Å². The molecule has 0 spiro atoms. The minimum atomic E-state index is 0.238. The number of nitrogens with one attached hydrogen (secondary N) is 1. The van der Waals surface area contributed by atoms with Gasteiger partial charge in [0.1, 0.15) is 5.69 Å². The quantitative estimate of drug-likeness (QED) is 0.828. The first-order chi connectivity index (χ1) is 7.56. The summed E-state index contributed by atoms with van der Waals surface area (Å²) in [5.41, 5.74) is 1.42. The molecule has 1 fully saturated rings. The van der Waals surface area contributed by atoms with E-state index in [1.807, 2.05) is 6.20 Å². The number of anilines is 1. The van der Waals surface area contributed by atoms with Gasteiger partial charge in [-0.3, -0.25) is 0 Å². The van der Waals surface area contributed by atoms with E-state index < -0.39 is 0 Å². The molecular formula is C12H21N3O. The van der Waals surface area contributed by atoms with Gasteiger partial charge in [-0.05, 0) is 5.41 Å². The third kappa shape index (κ3) is 2.76. The summed E-state index contributed by atoms with van der Waals surface area (Å²) in [6, 6.07) is 0. The lowest BCUT2D eigenvalue weighted by molar-refractivity contribution is 0.320. The fourth-order valence-corrected chi connectivity index (χ4v) is 2.03. The Morgan fingerprint density at radius 3 is 2.69 bits per heavy atom.